The highest BCUT2D eigenvalue weighted by Gasteiger charge is 2.05. The highest BCUT2D eigenvalue weighted by Crippen LogP contribution is 2.16. The molecule has 0 atom stereocenters. The van der Waals surface area contributed by atoms with Crippen LogP contribution in [-0.2, 0) is 13.0 Å². The van der Waals surface area contributed by atoms with E-state index in [4.69, 9.17) is 0 Å². The molecule has 1 heterocycles. The van der Waals surface area contributed by atoms with Gasteiger partial charge in [-0.3, -0.25) is 4.99 Å². The molecule has 1 aromatic heterocycles. The molecule has 0 aliphatic carbocycles. The first kappa shape index (κ1) is 24.8. The molecule has 0 bridgehead atoms. The smallest absolute Gasteiger partial charge is 0.191 e. The van der Waals surface area contributed by atoms with Gasteiger partial charge in [0.05, 0.1) is 17.2 Å². The van der Waals surface area contributed by atoms with E-state index in [2.05, 4.69) is 46.3 Å². The number of thiazole rings is 1. The van der Waals surface area contributed by atoms with E-state index in [0.29, 0.717) is 6.54 Å². The Labute approximate surface area is 188 Å². The van der Waals surface area contributed by atoms with Crippen LogP contribution in [0, 0.1) is 19.7 Å². The van der Waals surface area contributed by atoms with Crippen LogP contribution in [0.15, 0.2) is 29.3 Å². The number of likely N-dealkylation sites (N-methyl/N-ethyl adjacent to an activating group) is 1. The summed E-state index contributed by atoms with van der Waals surface area (Å²) >= 11 is 1.76. The van der Waals surface area contributed by atoms with E-state index < -0.39 is 0 Å². The van der Waals surface area contributed by atoms with Crippen LogP contribution >= 0.6 is 35.3 Å². The first-order valence-corrected chi connectivity index (χ1v) is 10.2. The van der Waals surface area contributed by atoms with Gasteiger partial charge < -0.3 is 15.5 Å². The molecule has 1 aromatic carbocycles. The van der Waals surface area contributed by atoms with Gasteiger partial charge in [0.25, 0.3) is 0 Å². The quantitative estimate of drug-likeness (QED) is 0.301. The summed E-state index contributed by atoms with van der Waals surface area (Å²) in [6.45, 7) is 10.2. The largest absolute Gasteiger partial charge is 0.357 e. The van der Waals surface area contributed by atoms with Gasteiger partial charge in [0.1, 0.15) is 5.82 Å². The number of benzene rings is 1. The Morgan fingerprint density at radius 3 is 2.54 bits per heavy atom. The van der Waals surface area contributed by atoms with Crippen LogP contribution in [0.3, 0.4) is 0 Å². The third-order valence-electron chi connectivity index (χ3n) is 4.17. The maximum absolute atomic E-state index is 13.0. The van der Waals surface area contributed by atoms with E-state index in [1.54, 1.807) is 11.3 Å². The zero-order chi connectivity index (χ0) is 19.6. The van der Waals surface area contributed by atoms with Crippen LogP contribution in [0.25, 0.3) is 0 Å². The van der Waals surface area contributed by atoms with Gasteiger partial charge in [0.15, 0.2) is 5.96 Å². The van der Waals surface area contributed by atoms with E-state index in [0.717, 1.165) is 54.8 Å². The van der Waals surface area contributed by atoms with Gasteiger partial charge in [-0.25, -0.2) is 9.37 Å². The number of hydrogen-bond acceptors (Lipinski definition) is 4. The minimum atomic E-state index is -0.199. The van der Waals surface area contributed by atoms with Crippen molar-refractivity contribution >= 4 is 41.3 Å². The second-order valence-electron chi connectivity index (χ2n) is 6.55. The Hall–Kier alpha value is -1.26. The third-order valence-corrected chi connectivity index (χ3v) is 5.30. The van der Waals surface area contributed by atoms with Crippen molar-refractivity contribution in [3.8, 4) is 0 Å². The molecule has 0 aliphatic heterocycles. The lowest BCUT2D eigenvalue weighted by Crippen LogP contribution is -2.38. The lowest BCUT2D eigenvalue weighted by atomic mass is 10.2. The molecule has 0 amide bonds. The fraction of sp³-hybridized carbons (Fsp3) is 0.500. The molecule has 0 unspecified atom stereocenters. The molecule has 2 aromatic rings. The SMILES string of the molecule is CCNC(=NCCN(C)Cc1ccc(F)cc1)NCCc1nc(C)c(C)s1.I. The van der Waals surface area contributed by atoms with Crippen molar-refractivity contribution < 1.29 is 4.39 Å². The Bertz CT molecular complexity index is 713. The van der Waals surface area contributed by atoms with Gasteiger partial charge >= 0.3 is 0 Å². The summed E-state index contributed by atoms with van der Waals surface area (Å²) in [6, 6.07) is 6.64. The minimum absolute atomic E-state index is 0. The molecule has 8 heteroatoms. The maximum atomic E-state index is 13.0. The second kappa shape index (κ2) is 13.1. The number of hydrogen-bond donors (Lipinski definition) is 2. The molecule has 0 saturated carbocycles. The lowest BCUT2D eigenvalue weighted by molar-refractivity contribution is 0.336. The van der Waals surface area contributed by atoms with Gasteiger partial charge in [-0.1, -0.05) is 12.1 Å². The van der Waals surface area contributed by atoms with Crippen molar-refractivity contribution in [1.29, 1.82) is 0 Å². The number of nitrogens with zero attached hydrogens (tertiary/aromatic N) is 3. The molecule has 0 saturated heterocycles. The number of guanidine groups is 1. The standard InChI is InChI=1S/C20H30FN5S.HI/c1-5-22-20(23-11-10-19-25-15(2)16(3)27-19)24-12-13-26(4)14-17-6-8-18(21)9-7-17;/h6-9H,5,10-14H2,1-4H3,(H2,22,23,24);1H. The van der Waals surface area contributed by atoms with Crippen LogP contribution in [0.5, 0.6) is 0 Å². The highest BCUT2D eigenvalue weighted by atomic mass is 127. The minimum Gasteiger partial charge on any atom is -0.357 e. The van der Waals surface area contributed by atoms with Crippen LogP contribution in [0.1, 0.15) is 28.1 Å². The molecule has 5 nitrogen and oxygen atoms in total. The average molecular weight is 519 g/mol. The predicted octanol–water partition coefficient (Wildman–Crippen LogP) is 3.75. The van der Waals surface area contributed by atoms with Gasteiger partial charge in [-0.05, 0) is 45.5 Å². The molecule has 0 aliphatic rings. The molecule has 0 fully saturated rings. The zero-order valence-electron chi connectivity index (χ0n) is 17.1. The lowest BCUT2D eigenvalue weighted by Gasteiger charge is -2.16. The highest BCUT2D eigenvalue weighted by molar-refractivity contribution is 14.0. The molecule has 156 valence electrons. The summed E-state index contributed by atoms with van der Waals surface area (Å²) in [4.78, 5) is 12.7. The second-order valence-corrected chi connectivity index (χ2v) is 7.84. The van der Waals surface area contributed by atoms with Crippen molar-refractivity contribution in [3.05, 3.63) is 51.2 Å². The number of aliphatic imine (C=N–C) groups is 1. The van der Waals surface area contributed by atoms with Crippen LogP contribution in [0.4, 0.5) is 4.39 Å². The monoisotopic (exact) mass is 519 g/mol. The van der Waals surface area contributed by atoms with E-state index in [1.165, 1.54) is 17.0 Å². The fourth-order valence-corrected chi connectivity index (χ4v) is 3.52. The molecule has 28 heavy (non-hydrogen) atoms. The van der Waals surface area contributed by atoms with Crippen LogP contribution in [0.2, 0.25) is 0 Å². The van der Waals surface area contributed by atoms with Crippen LogP contribution < -0.4 is 10.6 Å². The van der Waals surface area contributed by atoms with E-state index in [-0.39, 0.29) is 29.8 Å². The fourth-order valence-electron chi connectivity index (χ4n) is 2.59. The Balaban J connectivity index is 0.00000392. The molecule has 2 N–H and O–H groups in total. The Kier molecular flexibility index (Phi) is 11.6. The van der Waals surface area contributed by atoms with Crippen molar-refractivity contribution in [2.75, 3.05) is 33.2 Å². The van der Waals surface area contributed by atoms with Gasteiger partial charge in [-0.2, -0.15) is 0 Å². The van der Waals surface area contributed by atoms with E-state index in [9.17, 15) is 4.39 Å². The predicted molar refractivity (Wildman–Crippen MR) is 127 cm³/mol. The first-order valence-electron chi connectivity index (χ1n) is 9.36. The van der Waals surface area contributed by atoms with E-state index in [1.807, 2.05) is 19.2 Å². The van der Waals surface area contributed by atoms with Crippen LogP contribution in [-0.4, -0.2) is 49.1 Å². The number of halogens is 2. The summed E-state index contributed by atoms with van der Waals surface area (Å²) in [5, 5.41) is 7.81. The van der Waals surface area contributed by atoms with Crippen molar-refractivity contribution in [2.24, 2.45) is 4.99 Å². The zero-order valence-corrected chi connectivity index (χ0v) is 20.2. The first-order chi connectivity index (χ1) is 13.0. The maximum Gasteiger partial charge on any atom is 0.191 e. The number of nitrogens with one attached hydrogen (secondary N) is 2. The normalized spacial score (nSPS) is 11.4. The Morgan fingerprint density at radius 1 is 1.21 bits per heavy atom. The molecular formula is C20H31FIN5S. The van der Waals surface area contributed by atoms with Crippen molar-refractivity contribution in [3.63, 3.8) is 0 Å². The van der Waals surface area contributed by atoms with E-state index >= 15 is 0 Å². The molecule has 0 radical (unpaired) electrons. The summed E-state index contributed by atoms with van der Waals surface area (Å²) in [6.07, 6.45) is 0.897. The number of aryl methyl sites for hydroxylation is 2. The molecule has 0 spiro atoms. The number of rotatable bonds is 9. The van der Waals surface area contributed by atoms with Gasteiger partial charge in [-0.15, -0.1) is 35.3 Å². The van der Waals surface area contributed by atoms with Gasteiger partial charge in [0, 0.05) is 37.5 Å². The average Bonchev–Trinajstić information content (AvgIpc) is 2.95. The molecule has 2 rings (SSSR count). The summed E-state index contributed by atoms with van der Waals surface area (Å²) < 4.78 is 13.0. The Morgan fingerprint density at radius 2 is 1.93 bits per heavy atom. The summed E-state index contributed by atoms with van der Waals surface area (Å²) in [5.74, 6) is 0.633. The van der Waals surface area contributed by atoms with Crippen molar-refractivity contribution in [1.82, 2.24) is 20.5 Å². The summed E-state index contributed by atoms with van der Waals surface area (Å²) in [5.41, 5.74) is 2.22. The summed E-state index contributed by atoms with van der Waals surface area (Å²) in [7, 11) is 2.05. The topological polar surface area (TPSA) is 52.6 Å². The third kappa shape index (κ3) is 8.83. The van der Waals surface area contributed by atoms with Gasteiger partial charge in [0.2, 0.25) is 0 Å². The molecular weight excluding hydrogens is 488 g/mol. The van der Waals surface area contributed by atoms with Crippen molar-refractivity contribution in [2.45, 2.75) is 33.7 Å². The number of aromatic nitrogens is 1.